The van der Waals surface area contributed by atoms with E-state index in [1.54, 1.807) is 0 Å². The van der Waals surface area contributed by atoms with Crippen LogP contribution in [0.25, 0.3) is 0 Å². The zero-order valence-electron chi connectivity index (χ0n) is 4.71. The van der Waals surface area contributed by atoms with Crippen LogP contribution < -0.4 is 5.48 Å². The molecule has 0 aliphatic carbocycles. The van der Waals surface area contributed by atoms with Crippen molar-refractivity contribution in [2.45, 2.75) is 12.3 Å². The molecule has 0 aromatic rings. The fraction of sp³-hybridized carbons (Fsp3) is 0.667. The van der Waals surface area contributed by atoms with E-state index < -0.39 is 12.3 Å². The number of amides is 1. The Bertz CT molecular complexity index is 143. The second-order valence-corrected chi connectivity index (χ2v) is 1.32. The van der Waals surface area contributed by atoms with Crippen LogP contribution in [0.3, 0.4) is 0 Å². The van der Waals surface area contributed by atoms with Gasteiger partial charge in [0.2, 0.25) is 0 Å². The first-order valence-electron chi connectivity index (χ1n) is 2.06. The van der Waals surface area contributed by atoms with E-state index in [1.807, 2.05) is 0 Å². The SMILES string of the molecule is O=[C]NOC(F)(F)C(F)(F)F. The molecule has 1 radical (unpaired) electrons. The molecule has 0 atom stereocenters. The molecule has 0 saturated carbocycles. The average Bonchev–Trinajstić information content (AvgIpc) is 1.81. The number of rotatable bonds is 3. The van der Waals surface area contributed by atoms with Crippen molar-refractivity contribution in [3.05, 3.63) is 0 Å². The molecular weight excluding hydrogens is 177 g/mol. The second kappa shape index (κ2) is 2.99. The number of carbonyl (C=O) groups excluding carboxylic acids is 1. The van der Waals surface area contributed by atoms with Gasteiger partial charge in [-0.1, -0.05) is 0 Å². The lowest BCUT2D eigenvalue weighted by Crippen LogP contribution is -2.42. The number of nitrogens with one attached hydrogen (secondary N) is 1. The highest BCUT2D eigenvalue weighted by atomic mass is 19.4. The van der Waals surface area contributed by atoms with Crippen molar-refractivity contribution in [2.75, 3.05) is 0 Å². The van der Waals surface area contributed by atoms with Crippen molar-refractivity contribution in [2.24, 2.45) is 0 Å². The van der Waals surface area contributed by atoms with Crippen LogP contribution in [-0.4, -0.2) is 18.7 Å². The van der Waals surface area contributed by atoms with Gasteiger partial charge in [0.05, 0.1) is 0 Å². The van der Waals surface area contributed by atoms with Crippen molar-refractivity contribution < 1.29 is 31.6 Å². The Morgan fingerprint density at radius 1 is 1.18 bits per heavy atom. The van der Waals surface area contributed by atoms with Gasteiger partial charge < -0.3 is 0 Å². The summed E-state index contributed by atoms with van der Waals surface area (Å²) in [4.78, 5) is 11.7. The number of hydrogen-bond acceptors (Lipinski definition) is 2. The molecule has 0 heterocycles. The maximum atomic E-state index is 11.5. The maximum Gasteiger partial charge on any atom is 0.485 e. The highest BCUT2D eigenvalue weighted by molar-refractivity contribution is 5.45. The third-order valence-corrected chi connectivity index (χ3v) is 0.551. The van der Waals surface area contributed by atoms with E-state index in [-0.39, 0.29) is 0 Å². The van der Waals surface area contributed by atoms with E-state index in [9.17, 15) is 22.0 Å². The minimum absolute atomic E-state index is 0.494. The molecule has 11 heavy (non-hydrogen) atoms. The van der Waals surface area contributed by atoms with Crippen molar-refractivity contribution in [1.29, 1.82) is 0 Å². The van der Waals surface area contributed by atoms with Crippen LogP contribution in [0.5, 0.6) is 0 Å². The molecule has 0 aliphatic rings. The Labute approximate surface area is 57.1 Å². The fourth-order valence-electron chi connectivity index (χ4n) is 0.143. The molecule has 0 aliphatic heterocycles. The van der Waals surface area contributed by atoms with E-state index in [4.69, 9.17) is 4.79 Å². The normalized spacial score (nSPS) is 12.8. The first-order chi connectivity index (χ1) is 4.81. The third-order valence-electron chi connectivity index (χ3n) is 0.551. The first-order valence-corrected chi connectivity index (χ1v) is 2.06. The summed E-state index contributed by atoms with van der Waals surface area (Å²) in [5.41, 5.74) is 0.620. The summed E-state index contributed by atoms with van der Waals surface area (Å²) in [6.07, 6.45) is -10.7. The Morgan fingerprint density at radius 3 is 1.91 bits per heavy atom. The summed E-state index contributed by atoms with van der Waals surface area (Å²) in [6.45, 7) is 0. The van der Waals surface area contributed by atoms with Crippen molar-refractivity contribution in [3.63, 3.8) is 0 Å². The molecular formula is C3HF5NO2. The topological polar surface area (TPSA) is 38.3 Å². The molecule has 0 aromatic carbocycles. The smallest absolute Gasteiger partial charge is 0.261 e. The lowest BCUT2D eigenvalue weighted by Gasteiger charge is -2.16. The van der Waals surface area contributed by atoms with Gasteiger partial charge in [0.25, 0.3) is 0 Å². The molecule has 0 bridgehead atoms. The third kappa shape index (κ3) is 2.66. The Balaban J connectivity index is 4.10. The lowest BCUT2D eigenvalue weighted by atomic mass is 10.6. The van der Waals surface area contributed by atoms with E-state index in [0.717, 1.165) is 0 Å². The van der Waals surface area contributed by atoms with Gasteiger partial charge in [0.1, 0.15) is 0 Å². The largest absolute Gasteiger partial charge is 0.485 e. The molecule has 65 valence electrons. The van der Waals surface area contributed by atoms with E-state index in [1.165, 1.54) is 0 Å². The average molecular weight is 178 g/mol. The molecule has 1 amide bonds. The van der Waals surface area contributed by atoms with Gasteiger partial charge in [-0.2, -0.15) is 26.8 Å². The van der Waals surface area contributed by atoms with Crippen LogP contribution in [0.15, 0.2) is 0 Å². The highest BCUT2D eigenvalue weighted by Crippen LogP contribution is 2.35. The second-order valence-electron chi connectivity index (χ2n) is 1.32. The van der Waals surface area contributed by atoms with Crippen LogP contribution in [0, 0.1) is 0 Å². The molecule has 8 heteroatoms. The summed E-state index contributed by atoms with van der Waals surface area (Å²) in [7, 11) is 0. The number of halogens is 5. The summed E-state index contributed by atoms with van der Waals surface area (Å²) >= 11 is 0. The molecule has 1 N–H and O–H groups in total. The minimum atomic E-state index is -5.85. The van der Waals surface area contributed by atoms with Gasteiger partial charge in [-0.05, 0) is 0 Å². The Morgan fingerprint density at radius 2 is 1.64 bits per heavy atom. The van der Waals surface area contributed by atoms with Gasteiger partial charge in [-0.3, -0.25) is 4.79 Å². The zero-order valence-corrected chi connectivity index (χ0v) is 4.71. The van der Waals surface area contributed by atoms with Crippen molar-refractivity contribution in [3.8, 4) is 0 Å². The predicted octanol–water partition coefficient (Wildman–Crippen LogP) is 0.730. The summed E-state index contributed by atoms with van der Waals surface area (Å²) in [5, 5.41) is 0. The van der Waals surface area contributed by atoms with Crippen LogP contribution in [0.4, 0.5) is 22.0 Å². The number of hydrogen-bond donors (Lipinski definition) is 1. The molecule has 0 fully saturated rings. The Kier molecular flexibility index (Phi) is 2.74. The van der Waals surface area contributed by atoms with E-state index >= 15 is 0 Å². The van der Waals surface area contributed by atoms with Gasteiger partial charge in [-0.15, -0.1) is 0 Å². The van der Waals surface area contributed by atoms with Crippen LogP contribution in [-0.2, 0) is 9.63 Å². The molecule has 0 aromatic heterocycles. The standard InChI is InChI=1S/C3HF5NO2/c4-2(5,6)3(7,8)11-9-1-10/h(H,9,10). The summed E-state index contributed by atoms with van der Waals surface area (Å²) in [6, 6.07) is 0. The molecule has 0 saturated heterocycles. The Hall–Kier alpha value is -0.920. The van der Waals surface area contributed by atoms with E-state index in [0.29, 0.717) is 11.9 Å². The zero-order chi connectivity index (χ0) is 9.12. The molecule has 0 unspecified atom stereocenters. The number of alkyl halides is 5. The van der Waals surface area contributed by atoms with Crippen LogP contribution in [0.2, 0.25) is 0 Å². The fourth-order valence-corrected chi connectivity index (χ4v) is 0.143. The minimum Gasteiger partial charge on any atom is -0.261 e. The maximum absolute atomic E-state index is 11.5. The van der Waals surface area contributed by atoms with Crippen molar-refractivity contribution >= 4 is 6.41 Å². The monoisotopic (exact) mass is 178 g/mol. The summed E-state index contributed by atoms with van der Waals surface area (Å²) in [5.74, 6) is 0. The molecule has 3 nitrogen and oxygen atoms in total. The highest BCUT2D eigenvalue weighted by Gasteiger charge is 2.60. The van der Waals surface area contributed by atoms with Crippen LogP contribution >= 0.6 is 0 Å². The van der Waals surface area contributed by atoms with Gasteiger partial charge in [-0.25, -0.2) is 5.48 Å². The van der Waals surface area contributed by atoms with Gasteiger partial charge >= 0.3 is 18.7 Å². The summed E-state index contributed by atoms with van der Waals surface area (Å²) < 4.78 is 56.4. The van der Waals surface area contributed by atoms with Gasteiger partial charge in [0, 0.05) is 0 Å². The molecule has 0 spiro atoms. The van der Waals surface area contributed by atoms with Crippen LogP contribution in [0.1, 0.15) is 0 Å². The van der Waals surface area contributed by atoms with Gasteiger partial charge in [0.15, 0.2) is 0 Å². The quantitative estimate of drug-likeness (QED) is 0.393. The predicted molar refractivity (Wildman–Crippen MR) is 20.9 cm³/mol. The molecule has 0 rings (SSSR count). The lowest BCUT2D eigenvalue weighted by molar-refractivity contribution is -0.401. The van der Waals surface area contributed by atoms with E-state index in [2.05, 4.69) is 4.84 Å². The van der Waals surface area contributed by atoms with Crippen molar-refractivity contribution in [1.82, 2.24) is 5.48 Å². The number of hydroxylamine groups is 1. The first kappa shape index (κ1) is 10.1.